The molecule has 2 N–H and O–H groups in total. The summed E-state index contributed by atoms with van der Waals surface area (Å²) in [5.74, 6) is 0.634. The second-order valence-electron chi connectivity index (χ2n) is 5.60. The Morgan fingerprint density at radius 2 is 2.18 bits per heavy atom. The van der Waals surface area contributed by atoms with Crippen LogP contribution in [0, 0.1) is 5.92 Å². The highest BCUT2D eigenvalue weighted by Gasteiger charge is 2.21. The summed E-state index contributed by atoms with van der Waals surface area (Å²) >= 11 is 0. The van der Waals surface area contributed by atoms with Gasteiger partial charge in [0.05, 0.1) is 12.7 Å². The lowest BCUT2D eigenvalue weighted by molar-refractivity contribution is -0.135. The monoisotopic (exact) mass is 306 g/mol. The minimum absolute atomic E-state index is 0.0715. The van der Waals surface area contributed by atoms with Crippen molar-refractivity contribution in [3.63, 3.8) is 0 Å². The van der Waals surface area contributed by atoms with Crippen LogP contribution in [0.3, 0.4) is 0 Å². The molecule has 0 saturated carbocycles. The molecule has 1 aromatic rings. The van der Waals surface area contributed by atoms with Gasteiger partial charge in [-0.05, 0) is 37.0 Å². The van der Waals surface area contributed by atoms with Gasteiger partial charge in [0, 0.05) is 13.1 Å². The molecule has 2 amide bonds. The molecule has 1 atom stereocenters. The zero-order valence-electron chi connectivity index (χ0n) is 13.0. The molecule has 120 valence electrons. The number of amides is 2. The van der Waals surface area contributed by atoms with Crippen molar-refractivity contribution in [1.29, 1.82) is 0 Å². The van der Waals surface area contributed by atoms with Gasteiger partial charge < -0.3 is 20.1 Å². The van der Waals surface area contributed by atoms with Gasteiger partial charge in [0.15, 0.2) is 6.61 Å². The third kappa shape index (κ3) is 3.90. The van der Waals surface area contributed by atoms with Gasteiger partial charge in [-0.2, -0.15) is 0 Å². The number of piperidine rings is 1. The van der Waals surface area contributed by atoms with Crippen LogP contribution in [0.25, 0.3) is 0 Å². The topological polar surface area (TPSA) is 81.9 Å². The van der Waals surface area contributed by atoms with Crippen LogP contribution in [0.1, 0.15) is 30.1 Å². The molecule has 6 heteroatoms. The van der Waals surface area contributed by atoms with Crippen molar-refractivity contribution in [2.75, 3.05) is 26.8 Å². The van der Waals surface area contributed by atoms with Gasteiger partial charge in [0.2, 0.25) is 0 Å². The Bertz CT molecular complexity index is 559. The van der Waals surface area contributed by atoms with E-state index in [0.29, 0.717) is 17.4 Å². The average Bonchev–Trinajstić information content (AvgIpc) is 2.52. The Hall–Kier alpha value is -2.24. The molecular weight excluding hydrogens is 284 g/mol. The fourth-order valence-corrected chi connectivity index (χ4v) is 2.60. The molecule has 1 aliphatic rings. The number of likely N-dealkylation sites (tertiary alicyclic amines) is 1. The van der Waals surface area contributed by atoms with Gasteiger partial charge in [-0.1, -0.05) is 6.92 Å². The summed E-state index contributed by atoms with van der Waals surface area (Å²) in [6.45, 7) is 3.56. The maximum atomic E-state index is 12.2. The number of benzene rings is 1. The lowest BCUT2D eigenvalue weighted by Gasteiger charge is -2.30. The quantitative estimate of drug-likeness (QED) is 0.892. The molecule has 0 unspecified atom stereocenters. The van der Waals surface area contributed by atoms with Crippen molar-refractivity contribution in [3.05, 3.63) is 23.8 Å². The van der Waals surface area contributed by atoms with E-state index >= 15 is 0 Å². The Balaban J connectivity index is 2.01. The van der Waals surface area contributed by atoms with Crippen LogP contribution >= 0.6 is 0 Å². The molecule has 0 radical (unpaired) electrons. The minimum Gasteiger partial charge on any atom is -0.497 e. The van der Waals surface area contributed by atoms with E-state index in [9.17, 15) is 9.59 Å². The van der Waals surface area contributed by atoms with E-state index < -0.39 is 5.91 Å². The molecule has 0 bridgehead atoms. The summed E-state index contributed by atoms with van der Waals surface area (Å²) in [4.78, 5) is 25.5. The van der Waals surface area contributed by atoms with Crippen LogP contribution < -0.4 is 15.2 Å². The Labute approximate surface area is 130 Å². The molecule has 1 aliphatic heterocycles. The summed E-state index contributed by atoms with van der Waals surface area (Å²) in [7, 11) is 1.50. The second kappa shape index (κ2) is 7.15. The van der Waals surface area contributed by atoms with Crippen molar-refractivity contribution >= 4 is 11.8 Å². The van der Waals surface area contributed by atoms with Crippen LogP contribution in [0.2, 0.25) is 0 Å². The molecule has 1 aromatic carbocycles. The van der Waals surface area contributed by atoms with Crippen LogP contribution in [0.4, 0.5) is 0 Å². The van der Waals surface area contributed by atoms with Gasteiger partial charge in [-0.25, -0.2) is 0 Å². The van der Waals surface area contributed by atoms with Gasteiger partial charge in [0.1, 0.15) is 11.5 Å². The van der Waals surface area contributed by atoms with Crippen molar-refractivity contribution in [3.8, 4) is 11.5 Å². The normalized spacial score (nSPS) is 17.9. The Kier molecular flexibility index (Phi) is 5.25. The number of carbonyl (C=O) groups excluding carboxylic acids is 2. The molecule has 0 aliphatic carbocycles. The predicted octanol–water partition coefficient (Wildman–Crippen LogP) is 1.43. The van der Waals surface area contributed by atoms with E-state index in [0.717, 1.165) is 25.9 Å². The van der Waals surface area contributed by atoms with Gasteiger partial charge >= 0.3 is 0 Å². The molecule has 0 spiro atoms. The van der Waals surface area contributed by atoms with Gasteiger partial charge in [-0.3, -0.25) is 9.59 Å². The first kappa shape index (κ1) is 16.1. The molecule has 0 aromatic heterocycles. The number of rotatable bonds is 5. The van der Waals surface area contributed by atoms with Crippen molar-refractivity contribution < 1.29 is 19.1 Å². The van der Waals surface area contributed by atoms with E-state index in [1.807, 2.05) is 4.90 Å². The number of primary amides is 1. The molecule has 1 saturated heterocycles. The standard InChI is InChI=1S/C16H22N2O4/c1-11-4-3-7-18(9-11)15(19)10-22-14-6-5-12(21-2)8-13(14)16(17)20/h5-6,8,11H,3-4,7,9-10H2,1-2H3,(H2,17,20)/t11-/m1/s1. The Morgan fingerprint density at radius 1 is 1.41 bits per heavy atom. The average molecular weight is 306 g/mol. The van der Waals surface area contributed by atoms with E-state index in [1.165, 1.54) is 13.2 Å². The van der Waals surface area contributed by atoms with Crippen molar-refractivity contribution in [2.45, 2.75) is 19.8 Å². The molecule has 1 heterocycles. The zero-order chi connectivity index (χ0) is 16.1. The largest absolute Gasteiger partial charge is 0.497 e. The fraction of sp³-hybridized carbons (Fsp3) is 0.500. The Morgan fingerprint density at radius 3 is 2.82 bits per heavy atom. The lowest BCUT2D eigenvalue weighted by Crippen LogP contribution is -2.41. The van der Waals surface area contributed by atoms with E-state index in [2.05, 4.69) is 6.92 Å². The molecular formula is C16H22N2O4. The first-order valence-electron chi connectivity index (χ1n) is 7.39. The minimum atomic E-state index is -0.618. The number of hydrogen-bond acceptors (Lipinski definition) is 4. The highest BCUT2D eigenvalue weighted by molar-refractivity contribution is 5.96. The summed E-state index contributed by atoms with van der Waals surface area (Å²) in [6.07, 6.45) is 2.16. The van der Waals surface area contributed by atoms with Crippen LogP contribution in [0.15, 0.2) is 18.2 Å². The van der Waals surface area contributed by atoms with Crippen LogP contribution in [-0.2, 0) is 4.79 Å². The smallest absolute Gasteiger partial charge is 0.260 e. The van der Waals surface area contributed by atoms with E-state index in [4.69, 9.17) is 15.2 Å². The predicted molar refractivity (Wildman–Crippen MR) is 82.0 cm³/mol. The second-order valence-corrected chi connectivity index (χ2v) is 5.60. The highest BCUT2D eigenvalue weighted by atomic mass is 16.5. The maximum Gasteiger partial charge on any atom is 0.260 e. The number of carbonyl (C=O) groups is 2. The fourth-order valence-electron chi connectivity index (χ4n) is 2.60. The molecule has 2 rings (SSSR count). The number of nitrogens with zero attached hydrogens (tertiary/aromatic N) is 1. The van der Waals surface area contributed by atoms with Crippen LogP contribution in [-0.4, -0.2) is 43.5 Å². The van der Waals surface area contributed by atoms with Crippen molar-refractivity contribution in [1.82, 2.24) is 4.90 Å². The van der Waals surface area contributed by atoms with Gasteiger partial charge in [-0.15, -0.1) is 0 Å². The SMILES string of the molecule is COc1ccc(OCC(=O)N2CCC[C@@H](C)C2)c(C(N)=O)c1. The lowest BCUT2D eigenvalue weighted by atomic mass is 10.0. The zero-order valence-corrected chi connectivity index (χ0v) is 13.0. The first-order chi connectivity index (χ1) is 10.5. The first-order valence-corrected chi connectivity index (χ1v) is 7.39. The highest BCUT2D eigenvalue weighted by Crippen LogP contribution is 2.24. The third-order valence-electron chi connectivity index (χ3n) is 3.81. The van der Waals surface area contributed by atoms with Crippen LogP contribution in [0.5, 0.6) is 11.5 Å². The molecule has 22 heavy (non-hydrogen) atoms. The third-order valence-corrected chi connectivity index (χ3v) is 3.81. The molecule has 6 nitrogen and oxygen atoms in total. The van der Waals surface area contributed by atoms with E-state index in [1.54, 1.807) is 12.1 Å². The summed E-state index contributed by atoms with van der Waals surface area (Å²) < 4.78 is 10.6. The number of ether oxygens (including phenoxy) is 2. The summed E-state index contributed by atoms with van der Waals surface area (Å²) in [6, 6.07) is 4.76. The summed E-state index contributed by atoms with van der Waals surface area (Å²) in [5, 5.41) is 0. The number of hydrogen-bond donors (Lipinski definition) is 1. The number of nitrogens with two attached hydrogens (primary N) is 1. The number of methoxy groups -OCH3 is 1. The summed E-state index contributed by atoms with van der Waals surface area (Å²) in [5.41, 5.74) is 5.54. The maximum absolute atomic E-state index is 12.2. The molecule has 1 fully saturated rings. The van der Waals surface area contributed by atoms with Crippen molar-refractivity contribution in [2.24, 2.45) is 11.7 Å². The van der Waals surface area contributed by atoms with E-state index in [-0.39, 0.29) is 18.1 Å². The van der Waals surface area contributed by atoms with Gasteiger partial charge in [0.25, 0.3) is 11.8 Å².